The van der Waals surface area contributed by atoms with Crippen molar-refractivity contribution in [2.75, 3.05) is 18.4 Å². The van der Waals surface area contributed by atoms with Gasteiger partial charge in [0.25, 0.3) is 0 Å². The van der Waals surface area contributed by atoms with Crippen molar-refractivity contribution in [3.63, 3.8) is 0 Å². The molecule has 144 valence electrons. The molecule has 2 aromatic rings. The second-order valence-electron chi connectivity index (χ2n) is 6.24. The van der Waals surface area contributed by atoms with E-state index in [-0.39, 0.29) is 23.3 Å². The molecule has 0 fully saturated rings. The lowest BCUT2D eigenvalue weighted by Crippen LogP contribution is -2.22. The van der Waals surface area contributed by atoms with Gasteiger partial charge < -0.3 is 15.9 Å². The van der Waals surface area contributed by atoms with Crippen LogP contribution in [0.1, 0.15) is 36.9 Å². The molecule has 3 N–H and O–H groups in total. The second kappa shape index (κ2) is 8.45. The summed E-state index contributed by atoms with van der Waals surface area (Å²) in [5, 5.41) is 14.8. The van der Waals surface area contributed by atoms with Crippen molar-refractivity contribution in [1.82, 2.24) is 10.3 Å². The molecule has 1 aliphatic rings. The van der Waals surface area contributed by atoms with Crippen LogP contribution in [0, 0.1) is 11.7 Å². The SMILES string of the molecule is CC1C(c2nonc2NCCCN)=NOC(=O)CC1c1ccc(F)c(Cl)c1. The van der Waals surface area contributed by atoms with E-state index in [4.69, 9.17) is 26.8 Å². The van der Waals surface area contributed by atoms with E-state index in [9.17, 15) is 9.18 Å². The van der Waals surface area contributed by atoms with Crippen molar-refractivity contribution in [1.29, 1.82) is 0 Å². The van der Waals surface area contributed by atoms with Crippen LogP contribution < -0.4 is 11.1 Å². The molecule has 2 heterocycles. The third-order valence-corrected chi connectivity index (χ3v) is 4.73. The summed E-state index contributed by atoms with van der Waals surface area (Å²) in [6.07, 6.45) is 0.803. The summed E-state index contributed by atoms with van der Waals surface area (Å²) in [6, 6.07) is 4.38. The van der Waals surface area contributed by atoms with Crippen molar-refractivity contribution in [3.8, 4) is 0 Å². The number of carbonyl (C=O) groups is 1. The number of nitrogens with one attached hydrogen (secondary N) is 1. The topological polar surface area (TPSA) is 116 Å². The highest BCUT2D eigenvalue weighted by molar-refractivity contribution is 6.30. The zero-order chi connectivity index (χ0) is 19.4. The summed E-state index contributed by atoms with van der Waals surface area (Å²) < 4.78 is 18.4. The zero-order valence-electron chi connectivity index (χ0n) is 14.6. The maximum absolute atomic E-state index is 13.5. The number of rotatable bonds is 6. The quantitative estimate of drug-likeness (QED) is 0.570. The van der Waals surface area contributed by atoms with Gasteiger partial charge in [-0.05, 0) is 41.0 Å². The first-order valence-corrected chi connectivity index (χ1v) is 8.88. The molecule has 0 radical (unpaired) electrons. The van der Waals surface area contributed by atoms with E-state index in [0.717, 1.165) is 6.42 Å². The van der Waals surface area contributed by atoms with Gasteiger partial charge >= 0.3 is 5.97 Å². The number of aromatic nitrogens is 2. The summed E-state index contributed by atoms with van der Waals surface area (Å²) in [5.41, 5.74) is 6.96. The third-order valence-electron chi connectivity index (χ3n) is 4.44. The van der Waals surface area contributed by atoms with Crippen LogP contribution in [-0.2, 0) is 9.63 Å². The molecule has 3 rings (SSSR count). The summed E-state index contributed by atoms with van der Waals surface area (Å²) in [6.45, 7) is 2.98. The van der Waals surface area contributed by atoms with Gasteiger partial charge in [0, 0.05) is 18.4 Å². The van der Waals surface area contributed by atoms with Crippen molar-refractivity contribution in [2.24, 2.45) is 16.8 Å². The van der Waals surface area contributed by atoms with E-state index >= 15 is 0 Å². The fourth-order valence-electron chi connectivity index (χ4n) is 2.96. The molecular weight excluding hydrogens is 377 g/mol. The van der Waals surface area contributed by atoms with Gasteiger partial charge in [-0.3, -0.25) is 0 Å². The second-order valence-corrected chi connectivity index (χ2v) is 6.65. The maximum atomic E-state index is 13.5. The first-order valence-electron chi connectivity index (χ1n) is 8.50. The molecule has 10 heteroatoms. The maximum Gasteiger partial charge on any atom is 0.335 e. The first-order chi connectivity index (χ1) is 13.0. The minimum Gasteiger partial charge on any atom is -0.365 e. The van der Waals surface area contributed by atoms with Crippen LogP contribution in [0.25, 0.3) is 0 Å². The summed E-state index contributed by atoms with van der Waals surface area (Å²) in [4.78, 5) is 17.0. The molecule has 1 aliphatic heterocycles. The molecule has 0 spiro atoms. The largest absolute Gasteiger partial charge is 0.365 e. The lowest BCUT2D eigenvalue weighted by molar-refractivity contribution is -0.143. The molecule has 0 saturated carbocycles. The molecule has 0 saturated heterocycles. The first kappa shape index (κ1) is 19.2. The van der Waals surface area contributed by atoms with Gasteiger partial charge in [-0.15, -0.1) is 0 Å². The fourth-order valence-corrected chi connectivity index (χ4v) is 3.15. The number of halogens is 2. The van der Waals surface area contributed by atoms with Crippen molar-refractivity contribution in [3.05, 3.63) is 40.3 Å². The highest BCUT2D eigenvalue weighted by Crippen LogP contribution is 2.35. The molecule has 1 aromatic carbocycles. The van der Waals surface area contributed by atoms with Crippen LogP contribution >= 0.6 is 11.6 Å². The number of hydrogen-bond acceptors (Lipinski definition) is 8. The third kappa shape index (κ3) is 4.25. The van der Waals surface area contributed by atoms with Gasteiger partial charge in [0.05, 0.1) is 11.4 Å². The normalized spacial score (nSPS) is 20.0. The smallest absolute Gasteiger partial charge is 0.335 e. The van der Waals surface area contributed by atoms with Crippen LogP contribution in [-0.4, -0.2) is 35.1 Å². The molecular formula is C17H19ClFN5O3. The average Bonchev–Trinajstić information content (AvgIpc) is 3.05. The molecule has 0 aliphatic carbocycles. The summed E-state index contributed by atoms with van der Waals surface area (Å²) in [5.74, 6) is -1.25. The number of nitrogens with two attached hydrogens (primary N) is 1. The monoisotopic (exact) mass is 395 g/mol. The van der Waals surface area contributed by atoms with E-state index < -0.39 is 11.8 Å². The van der Waals surface area contributed by atoms with Gasteiger partial charge in [-0.25, -0.2) is 13.8 Å². The Balaban J connectivity index is 1.92. The van der Waals surface area contributed by atoms with E-state index in [0.29, 0.717) is 35.9 Å². The van der Waals surface area contributed by atoms with Crippen LogP contribution in [0.5, 0.6) is 0 Å². The highest BCUT2D eigenvalue weighted by atomic mass is 35.5. The Hall–Kier alpha value is -2.52. The Labute approximate surface area is 159 Å². The molecule has 27 heavy (non-hydrogen) atoms. The lowest BCUT2D eigenvalue weighted by Gasteiger charge is -2.21. The number of carbonyl (C=O) groups excluding carboxylic acids is 1. The van der Waals surface area contributed by atoms with Gasteiger partial charge in [-0.2, -0.15) is 0 Å². The van der Waals surface area contributed by atoms with Crippen LogP contribution in [0.15, 0.2) is 28.0 Å². The Morgan fingerprint density at radius 2 is 2.22 bits per heavy atom. The molecule has 0 amide bonds. The fraction of sp³-hybridized carbons (Fsp3) is 0.412. The van der Waals surface area contributed by atoms with Gasteiger partial charge in [-0.1, -0.05) is 29.7 Å². The average molecular weight is 396 g/mol. The lowest BCUT2D eigenvalue weighted by atomic mass is 9.81. The minimum absolute atomic E-state index is 0.0111. The number of oxime groups is 1. The molecule has 2 atom stereocenters. The number of nitrogens with zero attached hydrogens (tertiary/aromatic N) is 3. The Morgan fingerprint density at radius 3 is 2.96 bits per heavy atom. The number of benzene rings is 1. The van der Waals surface area contributed by atoms with Gasteiger partial charge in [0.15, 0.2) is 11.5 Å². The molecule has 1 aromatic heterocycles. The predicted molar refractivity (Wildman–Crippen MR) is 97.0 cm³/mol. The highest BCUT2D eigenvalue weighted by Gasteiger charge is 2.34. The van der Waals surface area contributed by atoms with Crippen LogP contribution in [0.3, 0.4) is 0 Å². The Kier molecular flexibility index (Phi) is 6.02. The Bertz CT molecular complexity index is 857. The number of hydrogen-bond donors (Lipinski definition) is 2. The van der Waals surface area contributed by atoms with E-state index in [1.807, 2.05) is 6.92 Å². The van der Waals surface area contributed by atoms with E-state index in [1.165, 1.54) is 12.1 Å². The van der Waals surface area contributed by atoms with Gasteiger partial charge in [0.2, 0.25) is 0 Å². The van der Waals surface area contributed by atoms with E-state index in [2.05, 4.69) is 20.8 Å². The number of anilines is 1. The summed E-state index contributed by atoms with van der Waals surface area (Å²) in [7, 11) is 0. The molecule has 0 bridgehead atoms. The Morgan fingerprint density at radius 1 is 1.41 bits per heavy atom. The van der Waals surface area contributed by atoms with Crippen molar-refractivity contribution in [2.45, 2.75) is 25.7 Å². The summed E-state index contributed by atoms with van der Waals surface area (Å²) >= 11 is 5.91. The van der Waals surface area contributed by atoms with Gasteiger partial charge in [0.1, 0.15) is 11.5 Å². The van der Waals surface area contributed by atoms with Crippen molar-refractivity contribution < 1.29 is 18.7 Å². The molecule has 2 unspecified atom stereocenters. The van der Waals surface area contributed by atoms with Crippen molar-refractivity contribution >= 4 is 29.1 Å². The standard InChI is InChI=1S/C17H19ClFN5O3/c1-9-11(10-3-4-13(19)12(18)7-10)8-14(25)26-22-15(9)16-17(24-27-23-16)21-6-2-5-20/h3-4,7,9,11H,2,5-6,8,20H2,1H3,(H,21,24). The van der Waals surface area contributed by atoms with Crippen LogP contribution in [0.4, 0.5) is 10.2 Å². The van der Waals surface area contributed by atoms with E-state index in [1.54, 1.807) is 6.07 Å². The molecule has 8 nitrogen and oxygen atoms in total. The zero-order valence-corrected chi connectivity index (χ0v) is 15.4. The minimum atomic E-state index is -0.523. The predicted octanol–water partition coefficient (Wildman–Crippen LogP) is 2.69. The van der Waals surface area contributed by atoms with Crippen LogP contribution in [0.2, 0.25) is 5.02 Å².